The van der Waals surface area contributed by atoms with Crippen LogP contribution in [-0.2, 0) is 14.3 Å². The number of nitrogens with zero attached hydrogens (tertiary/aromatic N) is 1. The van der Waals surface area contributed by atoms with Crippen molar-refractivity contribution in [1.29, 1.82) is 0 Å². The first-order valence-corrected chi connectivity index (χ1v) is 7.64. The fourth-order valence-electron chi connectivity index (χ4n) is 3.18. The molecule has 0 aromatic heterocycles. The van der Waals surface area contributed by atoms with Gasteiger partial charge in [0.15, 0.2) is 0 Å². The Morgan fingerprint density at radius 2 is 2.10 bits per heavy atom. The number of esters is 1. The van der Waals surface area contributed by atoms with Gasteiger partial charge in [0.2, 0.25) is 0 Å². The zero-order valence-corrected chi connectivity index (χ0v) is 13.4. The normalized spacial score (nSPS) is 29.0. The Morgan fingerprint density at radius 1 is 1.38 bits per heavy atom. The molecular weight excluding hydrogens is 272 g/mol. The lowest BCUT2D eigenvalue weighted by Crippen LogP contribution is -2.50. The molecule has 2 atom stereocenters. The molecule has 2 heterocycles. The van der Waals surface area contributed by atoms with Crippen LogP contribution in [0.5, 0.6) is 0 Å². The molecule has 2 aliphatic heterocycles. The summed E-state index contributed by atoms with van der Waals surface area (Å²) in [7, 11) is 0. The number of piperidine rings is 1. The summed E-state index contributed by atoms with van der Waals surface area (Å²) in [5.41, 5.74) is -1.10. The second kappa shape index (κ2) is 5.83. The number of fused-ring (bicyclic) bond motifs is 1. The molecule has 0 spiro atoms. The SMILES string of the molecule is CCOC(=O)C12CCNC[C@@H]1CN(C(=O)OC(C)(C)C)C2. The van der Waals surface area contributed by atoms with Crippen LogP contribution in [0.25, 0.3) is 0 Å². The van der Waals surface area contributed by atoms with Crippen LogP contribution in [0.3, 0.4) is 0 Å². The van der Waals surface area contributed by atoms with Gasteiger partial charge in [0.05, 0.1) is 12.0 Å². The van der Waals surface area contributed by atoms with Crippen LogP contribution in [-0.4, -0.2) is 55.3 Å². The van der Waals surface area contributed by atoms with Crippen LogP contribution in [0.4, 0.5) is 4.79 Å². The van der Waals surface area contributed by atoms with Crippen molar-refractivity contribution in [2.24, 2.45) is 11.3 Å². The highest BCUT2D eigenvalue weighted by Crippen LogP contribution is 2.42. The van der Waals surface area contributed by atoms with Gasteiger partial charge < -0.3 is 19.7 Å². The number of likely N-dealkylation sites (tertiary alicyclic amines) is 1. The Balaban J connectivity index is 2.13. The van der Waals surface area contributed by atoms with Gasteiger partial charge in [-0.2, -0.15) is 0 Å². The van der Waals surface area contributed by atoms with E-state index in [1.807, 2.05) is 27.7 Å². The maximum absolute atomic E-state index is 12.4. The van der Waals surface area contributed by atoms with Crippen LogP contribution in [0.15, 0.2) is 0 Å². The van der Waals surface area contributed by atoms with Crippen molar-refractivity contribution in [3.05, 3.63) is 0 Å². The van der Waals surface area contributed by atoms with Crippen LogP contribution in [0.1, 0.15) is 34.1 Å². The molecule has 0 saturated carbocycles. The van der Waals surface area contributed by atoms with Crippen molar-refractivity contribution in [3.8, 4) is 0 Å². The minimum atomic E-state index is -0.571. The number of nitrogens with one attached hydrogen (secondary N) is 1. The van der Waals surface area contributed by atoms with E-state index in [1.165, 1.54) is 0 Å². The van der Waals surface area contributed by atoms with Gasteiger partial charge in [-0.25, -0.2) is 4.79 Å². The molecular formula is C15H26N2O4. The van der Waals surface area contributed by atoms with E-state index in [0.717, 1.165) is 13.1 Å². The summed E-state index contributed by atoms with van der Waals surface area (Å²) >= 11 is 0. The smallest absolute Gasteiger partial charge is 0.410 e. The average Bonchev–Trinajstić information content (AvgIpc) is 2.78. The Bertz CT molecular complexity index is 418. The molecule has 1 unspecified atom stereocenters. The summed E-state index contributed by atoms with van der Waals surface area (Å²) in [5.74, 6) is -0.0830. The van der Waals surface area contributed by atoms with Crippen molar-refractivity contribution in [2.45, 2.75) is 39.7 Å². The molecule has 0 radical (unpaired) electrons. The average molecular weight is 298 g/mol. The Morgan fingerprint density at radius 3 is 2.71 bits per heavy atom. The number of amides is 1. The fourth-order valence-corrected chi connectivity index (χ4v) is 3.18. The van der Waals surface area contributed by atoms with E-state index >= 15 is 0 Å². The zero-order chi connectivity index (χ0) is 15.7. The minimum Gasteiger partial charge on any atom is -0.466 e. The standard InChI is InChI=1S/C15H26N2O4/c1-5-20-12(18)15-6-7-16-8-11(15)9-17(10-15)13(19)21-14(2,3)4/h11,16H,5-10H2,1-4H3/t11-,15?/m1/s1. The van der Waals surface area contributed by atoms with E-state index in [9.17, 15) is 9.59 Å². The monoisotopic (exact) mass is 298 g/mol. The molecule has 2 fully saturated rings. The highest BCUT2D eigenvalue weighted by atomic mass is 16.6. The van der Waals surface area contributed by atoms with Crippen molar-refractivity contribution in [1.82, 2.24) is 10.2 Å². The topological polar surface area (TPSA) is 67.9 Å². The van der Waals surface area contributed by atoms with E-state index in [-0.39, 0.29) is 18.0 Å². The van der Waals surface area contributed by atoms with Crippen LogP contribution in [0, 0.1) is 11.3 Å². The molecule has 2 rings (SSSR count). The summed E-state index contributed by atoms with van der Waals surface area (Å²) in [6, 6.07) is 0. The summed E-state index contributed by atoms with van der Waals surface area (Å²) in [6.07, 6.45) is 0.357. The first-order valence-electron chi connectivity index (χ1n) is 7.64. The van der Waals surface area contributed by atoms with Crippen molar-refractivity contribution in [2.75, 3.05) is 32.8 Å². The van der Waals surface area contributed by atoms with Gasteiger partial charge >= 0.3 is 12.1 Å². The maximum Gasteiger partial charge on any atom is 0.410 e. The highest BCUT2D eigenvalue weighted by molar-refractivity contribution is 5.80. The lowest BCUT2D eigenvalue weighted by molar-refractivity contribution is -0.158. The number of ether oxygens (including phenoxy) is 2. The van der Waals surface area contributed by atoms with Crippen LogP contribution < -0.4 is 5.32 Å². The maximum atomic E-state index is 12.4. The van der Waals surface area contributed by atoms with Gasteiger partial charge in [-0.05, 0) is 40.7 Å². The van der Waals surface area contributed by atoms with Gasteiger partial charge in [-0.3, -0.25) is 4.79 Å². The number of carbonyl (C=O) groups excluding carboxylic acids is 2. The third kappa shape index (κ3) is 3.31. The summed E-state index contributed by atoms with van der Waals surface area (Å²) in [5, 5.41) is 3.30. The third-order valence-corrected chi connectivity index (χ3v) is 4.17. The minimum absolute atomic E-state index is 0.0952. The molecule has 6 heteroatoms. The van der Waals surface area contributed by atoms with Crippen molar-refractivity contribution < 1.29 is 19.1 Å². The molecule has 2 saturated heterocycles. The number of hydrogen-bond donors (Lipinski definition) is 1. The fraction of sp³-hybridized carbons (Fsp3) is 0.867. The Hall–Kier alpha value is -1.30. The predicted octanol–water partition coefficient (Wildman–Crippen LogP) is 1.40. The van der Waals surface area contributed by atoms with E-state index < -0.39 is 11.0 Å². The number of hydrogen-bond acceptors (Lipinski definition) is 5. The van der Waals surface area contributed by atoms with E-state index in [2.05, 4.69) is 5.32 Å². The number of rotatable bonds is 2. The summed E-state index contributed by atoms with van der Waals surface area (Å²) < 4.78 is 10.7. The summed E-state index contributed by atoms with van der Waals surface area (Å²) in [4.78, 5) is 26.3. The Labute approximate surface area is 126 Å². The first-order chi connectivity index (χ1) is 9.78. The molecule has 0 bridgehead atoms. The predicted molar refractivity (Wildman–Crippen MR) is 77.8 cm³/mol. The zero-order valence-electron chi connectivity index (χ0n) is 13.4. The third-order valence-electron chi connectivity index (χ3n) is 4.17. The Kier molecular flexibility index (Phi) is 4.46. The van der Waals surface area contributed by atoms with Gasteiger partial charge in [0.1, 0.15) is 5.60 Å². The molecule has 2 aliphatic rings. The molecule has 0 aromatic carbocycles. The lowest BCUT2D eigenvalue weighted by Gasteiger charge is -2.36. The molecule has 21 heavy (non-hydrogen) atoms. The van der Waals surface area contributed by atoms with Crippen molar-refractivity contribution in [3.63, 3.8) is 0 Å². The molecule has 0 aliphatic carbocycles. The van der Waals surface area contributed by atoms with Crippen molar-refractivity contribution >= 4 is 12.1 Å². The molecule has 1 amide bonds. The van der Waals surface area contributed by atoms with Gasteiger partial charge in [0.25, 0.3) is 0 Å². The molecule has 1 N–H and O–H groups in total. The highest BCUT2D eigenvalue weighted by Gasteiger charge is 2.55. The van der Waals surface area contributed by atoms with Gasteiger partial charge in [0, 0.05) is 25.6 Å². The summed E-state index contributed by atoms with van der Waals surface area (Å²) in [6.45, 7) is 10.2. The molecule has 120 valence electrons. The lowest BCUT2D eigenvalue weighted by atomic mass is 9.73. The molecule has 0 aromatic rings. The second-order valence-corrected chi connectivity index (χ2v) is 6.89. The van der Waals surface area contributed by atoms with Crippen LogP contribution >= 0.6 is 0 Å². The number of carbonyl (C=O) groups is 2. The molecule has 6 nitrogen and oxygen atoms in total. The van der Waals surface area contributed by atoms with Gasteiger partial charge in [-0.1, -0.05) is 0 Å². The second-order valence-electron chi connectivity index (χ2n) is 6.89. The van der Waals surface area contributed by atoms with Crippen LogP contribution in [0.2, 0.25) is 0 Å². The van der Waals surface area contributed by atoms with E-state index in [0.29, 0.717) is 26.1 Å². The quantitative estimate of drug-likeness (QED) is 0.780. The largest absolute Gasteiger partial charge is 0.466 e. The van der Waals surface area contributed by atoms with Gasteiger partial charge in [-0.15, -0.1) is 0 Å². The first kappa shape index (κ1) is 16.1. The van der Waals surface area contributed by atoms with E-state index in [1.54, 1.807) is 4.90 Å². The van der Waals surface area contributed by atoms with E-state index in [4.69, 9.17) is 9.47 Å².